The number of hydrogen-bond acceptors (Lipinski definition) is 2. The van der Waals surface area contributed by atoms with Gasteiger partial charge in [-0.05, 0) is 55.7 Å². The molecule has 0 heterocycles. The maximum Gasteiger partial charge on any atom is 0.123 e. The predicted molar refractivity (Wildman–Crippen MR) is 92.5 cm³/mol. The average Bonchev–Trinajstić information content (AvgIpc) is 2.42. The zero-order valence-electron chi connectivity index (χ0n) is 14.4. The third-order valence-electron chi connectivity index (χ3n) is 5.03. The summed E-state index contributed by atoms with van der Waals surface area (Å²) in [6.07, 6.45) is 8.77. The molecule has 1 aromatic carbocycles. The van der Waals surface area contributed by atoms with Gasteiger partial charge >= 0.3 is 0 Å². The van der Waals surface area contributed by atoms with E-state index in [-0.39, 0.29) is 22.8 Å². The largest absolute Gasteiger partial charge is 0.507 e. The summed E-state index contributed by atoms with van der Waals surface area (Å²) < 4.78 is 0. The normalized spacial score (nSPS) is 20.7. The molecule has 0 saturated heterocycles. The molecule has 2 N–H and O–H groups in total. The highest BCUT2D eigenvalue weighted by atomic mass is 16.3. The summed E-state index contributed by atoms with van der Waals surface area (Å²) in [4.78, 5) is 0. The smallest absolute Gasteiger partial charge is 0.123 e. The fourth-order valence-electron chi connectivity index (χ4n) is 3.46. The van der Waals surface area contributed by atoms with Crippen molar-refractivity contribution in [1.29, 1.82) is 0 Å². The van der Waals surface area contributed by atoms with E-state index in [0.717, 1.165) is 31.2 Å². The molecule has 1 aromatic rings. The van der Waals surface area contributed by atoms with E-state index in [9.17, 15) is 10.2 Å². The molecule has 2 heteroatoms. The summed E-state index contributed by atoms with van der Waals surface area (Å²) >= 11 is 0. The number of phenols is 2. The number of allylic oxidation sites excluding steroid dienone is 2. The van der Waals surface area contributed by atoms with E-state index >= 15 is 0 Å². The van der Waals surface area contributed by atoms with Gasteiger partial charge in [-0.1, -0.05) is 45.3 Å². The number of benzene rings is 1. The molecule has 1 aliphatic rings. The van der Waals surface area contributed by atoms with Crippen LogP contribution in [-0.2, 0) is 6.42 Å². The van der Waals surface area contributed by atoms with Gasteiger partial charge in [-0.15, -0.1) is 0 Å². The molecule has 1 aliphatic carbocycles. The summed E-state index contributed by atoms with van der Waals surface area (Å²) in [6.45, 7) is 8.75. The van der Waals surface area contributed by atoms with Crippen LogP contribution in [0.3, 0.4) is 0 Å². The Labute approximate surface area is 134 Å². The van der Waals surface area contributed by atoms with Gasteiger partial charge in [0.2, 0.25) is 0 Å². The van der Waals surface area contributed by atoms with Gasteiger partial charge in [-0.2, -0.15) is 0 Å². The minimum Gasteiger partial charge on any atom is -0.507 e. The van der Waals surface area contributed by atoms with Crippen molar-refractivity contribution in [2.75, 3.05) is 0 Å². The fraction of sp³-hybridized carbons (Fsp3) is 0.600. The van der Waals surface area contributed by atoms with Crippen LogP contribution < -0.4 is 0 Å². The monoisotopic (exact) mass is 302 g/mol. The number of hydrogen-bond donors (Lipinski definition) is 2. The van der Waals surface area contributed by atoms with Crippen molar-refractivity contribution >= 4 is 0 Å². The Morgan fingerprint density at radius 1 is 1.14 bits per heavy atom. The van der Waals surface area contributed by atoms with Gasteiger partial charge in [0.1, 0.15) is 11.5 Å². The summed E-state index contributed by atoms with van der Waals surface area (Å²) in [7, 11) is 0. The molecule has 0 aromatic heterocycles. The molecule has 2 rings (SSSR count). The van der Waals surface area contributed by atoms with Gasteiger partial charge in [-0.3, -0.25) is 0 Å². The zero-order chi connectivity index (χ0) is 16.3. The SMILES string of the molecule is CCCCCc1cc(O)c([C@@H]2C=C(C)CCC2(C)C)c(O)c1. The zero-order valence-corrected chi connectivity index (χ0v) is 14.4. The molecule has 0 fully saturated rings. The Morgan fingerprint density at radius 2 is 1.77 bits per heavy atom. The first kappa shape index (κ1) is 16.9. The highest BCUT2D eigenvalue weighted by Crippen LogP contribution is 2.50. The maximum atomic E-state index is 10.5. The van der Waals surface area contributed by atoms with Gasteiger partial charge in [0, 0.05) is 11.5 Å². The molecule has 0 saturated carbocycles. The third-order valence-corrected chi connectivity index (χ3v) is 5.03. The van der Waals surface area contributed by atoms with Crippen LogP contribution in [0.1, 0.15) is 76.8 Å². The molecule has 2 nitrogen and oxygen atoms in total. The van der Waals surface area contributed by atoms with Crippen molar-refractivity contribution in [3.05, 3.63) is 34.9 Å². The summed E-state index contributed by atoms with van der Waals surface area (Å²) in [5.41, 5.74) is 3.12. The summed E-state index contributed by atoms with van der Waals surface area (Å²) in [5.74, 6) is 0.567. The van der Waals surface area contributed by atoms with E-state index < -0.39 is 0 Å². The van der Waals surface area contributed by atoms with Crippen LogP contribution in [0.5, 0.6) is 11.5 Å². The average molecular weight is 302 g/mol. The van der Waals surface area contributed by atoms with Crippen molar-refractivity contribution in [3.63, 3.8) is 0 Å². The van der Waals surface area contributed by atoms with Crippen LogP contribution in [0.4, 0.5) is 0 Å². The Kier molecular flexibility index (Phi) is 5.20. The van der Waals surface area contributed by atoms with E-state index in [1.54, 1.807) is 0 Å². The topological polar surface area (TPSA) is 40.5 Å². The Morgan fingerprint density at radius 3 is 2.36 bits per heavy atom. The highest BCUT2D eigenvalue weighted by Gasteiger charge is 2.35. The first-order valence-corrected chi connectivity index (χ1v) is 8.57. The Hall–Kier alpha value is -1.44. The highest BCUT2D eigenvalue weighted by molar-refractivity contribution is 5.51. The number of aromatic hydroxyl groups is 2. The molecule has 22 heavy (non-hydrogen) atoms. The summed E-state index contributed by atoms with van der Waals surface area (Å²) in [5, 5.41) is 21.0. The van der Waals surface area contributed by atoms with Gasteiger partial charge in [0.25, 0.3) is 0 Å². The lowest BCUT2D eigenvalue weighted by Crippen LogP contribution is -2.24. The van der Waals surface area contributed by atoms with E-state index in [4.69, 9.17) is 0 Å². The molecule has 0 aliphatic heterocycles. The molecule has 0 unspecified atom stereocenters. The van der Waals surface area contributed by atoms with Crippen molar-refractivity contribution in [1.82, 2.24) is 0 Å². The van der Waals surface area contributed by atoms with Crippen LogP contribution in [-0.4, -0.2) is 10.2 Å². The van der Waals surface area contributed by atoms with Crippen LogP contribution in [0.15, 0.2) is 23.8 Å². The maximum absolute atomic E-state index is 10.5. The number of rotatable bonds is 5. The van der Waals surface area contributed by atoms with Crippen molar-refractivity contribution < 1.29 is 10.2 Å². The van der Waals surface area contributed by atoms with Crippen LogP contribution >= 0.6 is 0 Å². The predicted octanol–water partition coefficient (Wildman–Crippen LogP) is 5.68. The molecular formula is C20H30O2. The third kappa shape index (κ3) is 3.66. The molecule has 0 spiro atoms. The molecule has 0 radical (unpaired) electrons. The second kappa shape index (κ2) is 6.76. The van der Waals surface area contributed by atoms with Crippen molar-refractivity contribution in [2.45, 2.75) is 72.1 Å². The number of phenolic OH excluding ortho intramolecular Hbond substituents is 2. The van der Waals surface area contributed by atoms with Gasteiger partial charge < -0.3 is 10.2 Å². The van der Waals surface area contributed by atoms with Crippen LogP contribution in [0, 0.1) is 5.41 Å². The molecule has 0 bridgehead atoms. The van der Waals surface area contributed by atoms with Gasteiger partial charge in [0.15, 0.2) is 0 Å². The van der Waals surface area contributed by atoms with Crippen LogP contribution in [0.2, 0.25) is 0 Å². The summed E-state index contributed by atoms with van der Waals surface area (Å²) in [6, 6.07) is 3.69. The minimum atomic E-state index is 0.0538. The Balaban J connectivity index is 2.33. The first-order valence-electron chi connectivity index (χ1n) is 8.57. The van der Waals surface area contributed by atoms with Crippen molar-refractivity contribution in [3.8, 4) is 11.5 Å². The van der Waals surface area contributed by atoms with E-state index in [2.05, 4.69) is 33.8 Å². The van der Waals surface area contributed by atoms with Gasteiger partial charge in [0.05, 0.1) is 0 Å². The first-order chi connectivity index (χ1) is 10.3. The molecule has 122 valence electrons. The number of aryl methyl sites for hydroxylation is 1. The van der Waals surface area contributed by atoms with E-state index in [0.29, 0.717) is 5.56 Å². The Bertz CT molecular complexity index is 532. The second-order valence-corrected chi connectivity index (χ2v) is 7.48. The number of unbranched alkanes of at least 4 members (excludes halogenated alkanes) is 2. The minimum absolute atomic E-state index is 0.0538. The molecule has 0 amide bonds. The van der Waals surface area contributed by atoms with Crippen molar-refractivity contribution in [2.24, 2.45) is 5.41 Å². The van der Waals surface area contributed by atoms with Crippen LogP contribution in [0.25, 0.3) is 0 Å². The van der Waals surface area contributed by atoms with Gasteiger partial charge in [-0.25, -0.2) is 0 Å². The second-order valence-electron chi connectivity index (χ2n) is 7.48. The molecule has 1 atom stereocenters. The lowest BCUT2D eigenvalue weighted by Gasteiger charge is -2.37. The fourth-order valence-corrected chi connectivity index (χ4v) is 3.46. The quantitative estimate of drug-likeness (QED) is 0.542. The standard InChI is InChI=1S/C20H30O2/c1-5-6-7-8-15-12-17(21)19(18(22)13-15)16-11-14(2)9-10-20(16,3)4/h11-13,16,21-22H,5-10H2,1-4H3/t16-/m0/s1. The lowest BCUT2D eigenvalue weighted by molar-refractivity contribution is 0.271. The van der Waals surface area contributed by atoms with E-state index in [1.807, 2.05) is 12.1 Å². The van der Waals surface area contributed by atoms with E-state index in [1.165, 1.54) is 18.4 Å². The lowest BCUT2D eigenvalue weighted by atomic mass is 9.67. The molecular weight excluding hydrogens is 272 g/mol.